The van der Waals surface area contributed by atoms with Crippen molar-refractivity contribution in [3.8, 4) is 11.1 Å². The van der Waals surface area contributed by atoms with E-state index >= 15 is 0 Å². The van der Waals surface area contributed by atoms with E-state index in [0.717, 1.165) is 22.5 Å². The summed E-state index contributed by atoms with van der Waals surface area (Å²) in [5.74, 6) is -0.578. The first-order chi connectivity index (χ1) is 16.8. The van der Waals surface area contributed by atoms with Crippen LogP contribution >= 0.6 is 11.6 Å². The number of nitrogens with zero attached hydrogens (tertiary/aromatic N) is 1. The van der Waals surface area contributed by atoms with Gasteiger partial charge in [-0.15, -0.1) is 0 Å². The van der Waals surface area contributed by atoms with Gasteiger partial charge in [0.25, 0.3) is 0 Å². The first-order valence-corrected chi connectivity index (χ1v) is 11.8. The number of amides is 2. The number of carbonyl (C=O) groups is 3. The standard InChI is InChI=1S/C28H30ClN3O4/c1-17-12-20(13-18(2)30-17)19-8-7-9-21(14-19)28(6,16-33)25(34)31-24-15-22(29)10-11-23(24)32-26(35)36-27(3,4)5/h7-16H,1-6H3,(H,31,34)(H,32,35). The van der Waals surface area contributed by atoms with Crippen LogP contribution < -0.4 is 10.6 Å². The molecule has 0 radical (unpaired) electrons. The Balaban J connectivity index is 1.93. The predicted molar refractivity (Wildman–Crippen MR) is 143 cm³/mol. The Morgan fingerprint density at radius 1 is 0.889 bits per heavy atom. The van der Waals surface area contributed by atoms with E-state index in [-0.39, 0.29) is 11.4 Å². The van der Waals surface area contributed by atoms with Gasteiger partial charge in [-0.05, 0) is 94.6 Å². The average molecular weight is 508 g/mol. The second-order valence-corrected chi connectivity index (χ2v) is 10.2. The lowest BCUT2D eigenvalue weighted by Crippen LogP contribution is -2.39. The van der Waals surface area contributed by atoms with Crippen LogP contribution in [0.25, 0.3) is 11.1 Å². The van der Waals surface area contributed by atoms with E-state index in [2.05, 4.69) is 15.6 Å². The molecule has 0 aliphatic heterocycles. The maximum absolute atomic E-state index is 13.5. The maximum atomic E-state index is 13.5. The van der Waals surface area contributed by atoms with Gasteiger partial charge in [0, 0.05) is 16.4 Å². The van der Waals surface area contributed by atoms with Gasteiger partial charge in [0.1, 0.15) is 17.3 Å². The highest BCUT2D eigenvalue weighted by atomic mass is 35.5. The summed E-state index contributed by atoms with van der Waals surface area (Å²) in [7, 11) is 0. The Morgan fingerprint density at radius 3 is 2.17 bits per heavy atom. The summed E-state index contributed by atoms with van der Waals surface area (Å²) in [6, 6.07) is 15.8. The number of hydrogen-bond acceptors (Lipinski definition) is 5. The normalized spacial score (nSPS) is 12.9. The van der Waals surface area contributed by atoms with E-state index in [0.29, 0.717) is 16.9 Å². The molecule has 0 saturated heterocycles. The summed E-state index contributed by atoms with van der Waals surface area (Å²) < 4.78 is 5.31. The molecule has 0 bridgehead atoms. The molecule has 1 heterocycles. The molecule has 3 rings (SSSR count). The topological polar surface area (TPSA) is 97.4 Å². The fraction of sp³-hybridized carbons (Fsp3) is 0.286. The molecule has 0 saturated carbocycles. The molecule has 1 aromatic heterocycles. The molecule has 0 aliphatic carbocycles. The number of halogens is 1. The number of rotatable bonds is 6. The number of anilines is 2. The Bertz CT molecular complexity index is 1300. The van der Waals surface area contributed by atoms with Crippen LogP contribution in [-0.4, -0.2) is 28.9 Å². The van der Waals surface area contributed by atoms with E-state index in [9.17, 15) is 14.4 Å². The summed E-state index contributed by atoms with van der Waals surface area (Å²) in [4.78, 5) is 42.5. The third-order valence-electron chi connectivity index (χ3n) is 5.45. The Kier molecular flexibility index (Phi) is 7.84. The number of nitrogens with one attached hydrogen (secondary N) is 2. The van der Waals surface area contributed by atoms with Gasteiger partial charge in [-0.2, -0.15) is 0 Å². The van der Waals surface area contributed by atoms with Gasteiger partial charge in [0.2, 0.25) is 5.91 Å². The number of hydrogen-bond donors (Lipinski definition) is 2. The Labute approximate surface area is 216 Å². The number of carbonyl (C=O) groups excluding carboxylic acids is 3. The number of aromatic nitrogens is 1. The van der Waals surface area contributed by atoms with Crippen LogP contribution in [-0.2, 0) is 19.7 Å². The van der Waals surface area contributed by atoms with Gasteiger partial charge >= 0.3 is 6.09 Å². The lowest BCUT2D eigenvalue weighted by molar-refractivity contribution is -0.126. The minimum atomic E-state index is -1.52. The molecular weight excluding hydrogens is 478 g/mol. The summed E-state index contributed by atoms with van der Waals surface area (Å²) >= 11 is 6.15. The average Bonchev–Trinajstić information content (AvgIpc) is 2.78. The zero-order chi connectivity index (χ0) is 26.7. The molecule has 8 heteroatoms. The molecule has 188 valence electrons. The Hall–Kier alpha value is -3.71. The van der Waals surface area contributed by atoms with Gasteiger partial charge in [-0.1, -0.05) is 29.8 Å². The monoisotopic (exact) mass is 507 g/mol. The minimum absolute atomic E-state index is 0.239. The number of benzene rings is 2. The summed E-state index contributed by atoms with van der Waals surface area (Å²) in [6.07, 6.45) is -0.0789. The highest BCUT2D eigenvalue weighted by Gasteiger charge is 2.36. The van der Waals surface area contributed by atoms with Crippen molar-refractivity contribution in [2.75, 3.05) is 10.6 Å². The van der Waals surface area contributed by atoms with Gasteiger partial charge in [-0.25, -0.2) is 4.79 Å². The number of aldehydes is 1. The van der Waals surface area contributed by atoms with Crippen molar-refractivity contribution in [2.45, 2.75) is 52.6 Å². The van der Waals surface area contributed by atoms with E-state index in [1.807, 2.05) is 38.1 Å². The first kappa shape index (κ1) is 26.9. The lowest BCUT2D eigenvalue weighted by atomic mass is 9.81. The van der Waals surface area contributed by atoms with Gasteiger partial charge in [0.15, 0.2) is 0 Å². The van der Waals surface area contributed by atoms with Crippen molar-refractivity contribution >= 4 is 41.3 Å². The lowest BCUT2D eigenvalue weighted by Gasteiger charge is -2.25. The highest BCUT2D eigenvalue weighted by Crippen LogP contribution is 2.32. The summed E-state index contributed by atoms with van der Waals surface area (Å²) in [5.41, 5.74) is 2.37. The number of aryl methyl sites for hydroxylation is 2. The van der Waals surface area contributed by atoms with Gasteiger partial charge in [-0.3, -0.25) is 15.1 Å². The molecule has 2 aromatic carbocycles. The maximum Gasteiger partial charge on any atom is 0.412 e. The van der Waals surface area contributed by atoms with Crippen molar-refractivity contribution in [2.24, 2.45) is 0 Å². The number of pyridine rings is 1. The third kappa shape index (κ3) is 6.49. The van der Waals surface area contributed by atoms with Crippen LogP contribution in [0.5, 0.6) is 0 Å². The second kappa shape index (κ2) is 10.5. The number of ether oxygens (including phenoxy) is 1. The van der Waals surface area contributed by atoms with Gasteiger partial charge < -0.3 is 14.8 Å². The molecule has 0 aliphatic rings. The molecule has 3 aromatic rings. The molecule has 1 unspecified atom stereocenters. The molecule has 36 heavy (non-hydrogen) atoms. The van der Waals surface area contributed by atoms with Crippen LogP contribution in [0.1, 0.15) is 44.6 Å². The van der Waals surface area contributed by atoms with Crippen LogP contribution in [0, 0.1) is 13.8 Å². The van der Waals surface area contributed by atoms with E-state index < -0.39 is 23.0 Å². The zero-order valence-corrected chi connectivity index (χ0v) is 22.0. The predicted octanol–water partition coefficient (Wildman–Crippen LogP) is 6.46. The Morgan fingerprint density at radius 2 is 1.56 bits per heavy atom. The molecule has 2 amide bonds. The van der Waals surface area contributed by atoms with Crippen molar-refractivity contribution in [3.63, 3.8) is 0 Å². The van der Waals surface area contributed by atoms with Crippen LogP contribution in [0.15, 0.2) is 54.6 Å². The zero-order valence-electron chi connectivity index (χ0n) is 21.2. The third-order valence-corrected chi connectivity index (χ3v) is 5.68. The fourth-order valence-electron chi connectivity index (χ4n) is 3.67. The molecule has 1 atom stereocenters. The minimum Gasteiger partial charge on any atom is -0.444 e. The van der Waals surface area contributed by atoms with Crippen molar-refractivity contribution in [3.05, 3.63) is 76.6 Å². The van der Waals surface area contributed by atoms with Crippen LogP contribution in [0.2, 0.25) is 5.02 Å². The smallest absolute Gasteiger partial charge is 0.412 e. The molecular formula is C28H30ClN3O4. The molecule has 2 N–H and O–H groups in total. The van der Waals surface area contributed by atoms with Crippen molar-refractivity contribution < 1.29 is 19.1 Å². The van der Waals surface area contributed by atoms with E-state index in [1.165, 1.54) is 6.07 Å². The summed E-state index contributed by atoms with van der Waals surface area (Å²) in [5, 5.41) is 5.72. The first-order valence-electron chi connectivity index (χ1n) is 11.4. The molecule has 7 nitrogen and oxygen atoms in total. The van der Waals surface area contributed by atoms with Gasteiger partial charge in [0.05, 0.1) is 11.4 Å². The van der Waals surface area contributed by atoms with Crippen LogP contribution in [0.4, 0.5) is 16.2 Å². The molecule has 0 fully saturated rings. The van der Waals surface area contributed by atoms with E-state index in [4.69, 9.17) is 16.3 Å². The molecule has 0 spiro atoms. The van der Waals surface area contributed by atoms with E-state index in [1.54, 1.807) is 52.0 Å². The SMILES string of the molecule is Cc1cc(-c2cccc(C(C)(C=O)C(=O)Nc3cc(Cl)ccc3NC(=O)OC(C)(C)C)c2)cc(C)n1. The van der Waals surface area contributed by atoms with Crippen LogP contribution in [0.3, 0.4) is 0 Å². The highest BCUT2D eigenvalue weighted by molar-refractivity contribution is 6.31. The fourth-order valence-corrected chi connectivity index (χ4v) is 3.84. The van der Waals surface area contributed by atoms with Crippen molar-refractivity contribution in [1.29, 1.82) is 0 Å². The van der Waals surface area contributed by atoms with Crippen molar-refractivity contribution in [1.82, 2.24) is 4.98 Å². The largest absolute Gasteiger partial charge is 0.444 e. The second-order valence-electron chi connectivity index (χ2n) is 9.81. The quantitative estimate of drug-likeness (QED) is 0.294. The summed E-state index contributed by atoms with van der Waals surface area (Å²) in [6.45, 7) is 10.6.